The van der Waals surface area contributed by atoms with Gasteiger partial charge in [-0.2, -0.15) is 5.10 Å². The van der Waals surface area contributed by atoms with Crippen LogP contribution >= 0.6 is 0 Å². The van der Waals surface area contributed by atoms with Crippen LogP contribution < -0.4 is 15.1 Å². The van der Waals surface area contributed by atoms with Crippen LogP contribution in [0.4, 0.5) is 0 Å². The zero-order valence-corrected chi connectivity index (χ0v) is 12.1. The molecule has 0 spiro atoms. The Morgan fingerprint density at radius 1 is 1.35 bits per heavy atom. The SMILES string of the molecule is COc1ccc(C(=O)N/N=C/c2ccc3c(c2)no[n+]3[O-])cc1. The van der Waals surface area contributed by atoms with Crippen LogP contribution in [0.25, 0.3) is 11.0 Å². The third-order valence-corrected chi connectivity index (χ3v) is 3.14. The van der Waals surface area contributed by atoms with Crippen molar-refractivity contribution < 1.29 is 19.1 Å². The standard InChI is InChI=1S/C15H12N4O4/c1-22-12-5-3-11(4-6-12)15(20)17-16-9-10-2-7-14-13(8-10)18-23-19(14)21/h2-9H,1H3,(H,17,20)/b16-9+. The first kappa shape index (κ1) is 14.5. The smallest absolute Gasteiger partial charge is 0.271 e. The minimum atomic E-state index is -0.344. The summed E-state index contributed by atoms with van der Waals surface area (Å²) in [6.45, 7) is 0. The summed E-state index contributed by atoms with van der Waals surface area (Å²) in [4.78, 5) is 12.2. The number of nitrogens with one attached hydrogen (secondary N) is 1. The molecule has 23 heavy (non-hydrogen) atoms. The molecule has 0 aliphatic heterocycles. The maximum Gasteiger partial charge on any atom is 0.271 e. The monoisotopic (exact) mass is 312 g/mol. The molecule has 0 radical (unpaired) electrons. The zero-order chi connectivity index (χ0) is 16.2. The predicted molar refractivity (Wildman–Crippen MR) is 81.0 cm³/mol. The molecule has 1 aromatic heterocycles. The number of hydrazone groups is 1. The fourth-order valence-corrected chi connectivity index (χ4v) is 1.95. The van der Waals surface area contributed by atoms with E-state index in [0.717, 1.165) is 0 Å². The van der Waals surface area contributed by atoms with E-state index in [1.54, 1.807) is 49.6 Å². The molecule has 3 rings (SSSR count). The number of amides is 1. The largest absolute Gasteiger partial charge is 0.497 e. The minimum absolute atomic E-state index is 0.321. The van der Waals surface area contributed by atoms with Gasteiger partial charge in [-0.1, -0.05) is 0 Å². The average Bonchev–Trinajstić information content (AvgIpc) is 2.95. The number of hydrogen-bond donors (Lipinski definition) is 1. The lowest BCUT2D eigenvalue weighted by Gasteiger charge is -2.02. The van der Waals surface area contributed by atoms with Crippen LogP contribution in [0.5, 0.6) is 5.75 Å². The molecule has 1 heterocycles. The number of ether oxygens (including phenoxy) is 1. The van der Waals surface area contributed by atoms with E-state index in [9.17, 15) is 10.0 Å². The fourth-order valence-electron chi connectivity index (χ4n) is 1.95. The summed E-state index contributed by atoms with van der Waals surface area (Å²) in [5, 5.41) is 18.7. The van der Waals surface area contributed by atoms with Crippen molar-refractivity contribution in [2.75, 3.05) is 7.11 Å². The third-order valence-electron chi connectivity index (χ3n) is 3.14. The van der Waals surface area contributed by atoms with Gasteiger partial charge in [-0.3, -0.25) is 9.42 Å². The molecule has 116 valence electrons. The summed E-state index contributed by atoms with van der Waals surface area (Å²) in [6.07, 6.45) is 1.45. The van der Waals surface area contributed by atoms with Crippen LogP contribution in [0.15, 0.2) is 52.2 Å². The van der Waals surface area contributed by atoms with Crippen molar-refractivity contribution >= 4 is 23.2 Å². The highest BCUT2D eigenvalue weighted by molar-refractivity contribution is 5.95. The van der Waals surface area contributed by atoms with Crippen LogP contribution in [0, 0.1) is 5.21 Å². The van der Waals surface area contributed by atoms with Gasteiger partial charge in [0, 0.05) is 16.8 Å². The number of benzene rings is 2. The van der Waals surface area contributed by atoms with Crippen molar-refractivity contribution in [2.24, 2.45) is 5.10 Å². The number of rotatable bonds is 4. The van der Waals surface area contributed by atoms with Crippen LogP contribution in [-0.4, -0.2) is 24.4 Å². The molecular formula is C15H12N4O4. The highest BCUT2D eigenvalue weighted by Crippen LogP contribution is 2.11. The Kier molecular flexibility index (Phi) is 3.88. The number of aromatic nitrogens is 2. The van der Waals surface area contributed by atoms with Gasteiger partial charge in [0.25, 0.3) is 5.91 Å². The second-order valence-corrected chi connectivity index (χ2v) is 4.61. The Morgan fingerprint density at radius 2 is 2.13 bits per heavy atom. The first-order valence-corrected chi connectivity index (χ1v) is 6.64. The lowest BCUT2D eigenvalue weighted by molar-refractivity contribution is -0.782. The lowest BCUT2D eigenvalue weighted by atomic mass is 10.2. The van der Waals surface area contributed by atoms with E-state index in [4.69, 9.17) is 4.74 Å². The van der Waals surface area contributed by atoms with Crippen molar-refractivity contribution in [3.05, 3.63) is 58.8 Å². The molecule has 1 N–H and O–H groups in total. The van der Waals surface area contributed by atoms with Gasteiger partial charge in [0.1, 0.15) is 5.75 Å². The Bertz CT molecular complexity index is 871. The molecule has 0 unspecified atom stereocenters. The van der Waals surface area contributed by atoms with Crippen molar-refractivity contribution in [2.45, 2.75) is 0 Å². The maximum absolute atomic E-state index is 11.9. The summed E-state index contributed by atoms with van der Waals surface area (Å²) >= 11 is 0. The van der Waals surface area contributed by atoms with E-state index in [-0.39, 0.29) is 5.91 Å². The Labute approximate surface area is 130 Å². The molecular weight excluding hydrogens is 300 g/mol. The van der Waals surface area contributed by atoms with Gasteiger partial charge in [-0.25, -0.2) is 5.43 Å². The van der Waals surface area contributed by atoms with Crippen molar-refractivity contribution in [3.63, 3.8) is 0 Å². The minimum Gasteiger partial charge on any atom is -0.497 e. The zero-order valence-electron chi connectivity index (χ0n) is 12.1. The Hall–Kier alpha value is -3.42. The summed E-state index contributed by atoms with van der Waals surface area (Å²) in [5.41, 5.74) is 4.28. The molecule has 0 saturated heterocycles. The number of carbonyl (C=O) groups is 1. The number of fused-ring (bicyclic) bond motifs is 1. The van der Waals surface area contributed by atoms with Crippen molar-refractivity contribution in [1.82, 2.24) is 10.6 Å². The van der Waals surface area contributed by atoms with E-state index in [1.165, 1.54) is 6.21 Å². The van der Waals surface area contributed by atoms with Crippen LogP contribution in [0.2, 0.25) is 0 Å². The summed E-state index contributed by atoms with van der Waals surface area (Å²) in [7, 11) is 1.55. The average molecular weight is 312 g/mol. The second kappa shape index (κ2) is 6.14. The molecule has 8 nitrogen and oxygen atoms in total. The molecule has 8 heteroatoms. The molecule has 0 aliphatic carbocycles. The van der Waals surface area contributed by atoms with Crippen LogP contribution in [0.3, 0.4) is 0 Å². The highest BCUT2D eigenvalue weighted by atomic mass is 16.8. The number of hydrogen-bond acceptors (Lipinski definition) is 6. The summed E-state index contributed by atoms with van der Waals surface area (Å²) < 4.78 is 9.50. The van der Waals surface area contributed by atoms with Gasteiger partial charge in [0.2, 0.25) is 11.0 Å². The number of methoxy groups -OCH3 is 1. The van der Waals surface area contributed by atoms with E-state index < -0.39 is 0 Å². The van der Waals surface area contributed by atoms with Crippen molar-refractivity contribution in [1.29, 1.82) is 0 Å². The summed E-state index contributed by atoms with van der Waals surface area (Å²) in [6, 6.07) is 11.5. The van der Waals surface area contributed by atoms with Gasteiger partial charge in [0.15, 0.2) is 0 Å². The molecule has 0 aliphatic rings. The van der Waals surface area contributed by atoms with E-state index in [0.29, 0.717) is 32.8 Å². The van der Waals surface area contributed by atoms with Crippen molar-refractivity contribution in [3.8, 4) is 5.75 Å². The molecule has 0 atom stereocenters. The quantitative estimate of drug-likeness (QED) is 0.443. The first-order valence-electron chi connectivity index (χ1n) is 6.64. The molecule has 2 aromatic carbocycles. The topological polar surface area (TPSA) is 104 Å². The van der Waals surface area contributed by atoms with Gasteiger partial charge < -0.3 is 9.94 Å². The van der Waals surface area contributed by atoms with Gasteiger partial charge >= 0.3 is 0 Å². The maximum atomic E-state index is 11.9. The Morgan fingerprint density at radius 3 is 2.87 bits per heavy atom. The number of nitrogens with zero attached hydrogens (tertiary/aromatic N) is 3. The Balaban J connectivity index is 1.67. The van der Waals surface area contributed by atoms with Gasteiger partial charge in [0.05, 0.1) is 13.3 Å². The van der Waals surface area contributed by atoms with E-state index >= 15 is 0 Å². The lowest BCUT2D eigenvalue weighted by Crippen LogP contribution is -2.22. The van der Waals surface area contributed by atoms with Gasteiger partial charge in [-0.15, -0.1) is 0 Å². The number of carbonyl (C=O) groups excluding carboxylic acids is 1. The second-order valence-electron chi connectivity index (χ2n) is 4.61. The predicted octanol–water partition coefficient (Wildman–Crippen LogP) is 1.23. The van der Waals surface area contributed by atoms with E-state index in [1.807, 2.05) is 0 Å². The molecule has 3 aromatic rings. The fraction of sp³-hybridized carbons (Fsp3) is 0.0667. The molecule has 0 fully saturated rings. The summed E-state index contributed by atoms with van der Waals surface area (Å²) in [5.74, 6) is 0.324. The molecule has 0 saturated carbocycles. The first-order chi connectivity index (χ1) is 11.2. The molecule has 1 amide bonds. The normalized spacial score (nSPS) is 11.0. The highest BCUT2D eigenvalue weighted by Gasteiger charge is 2.08. The van der Waals surface area contributed by atoms with E-state index in [2.05, 4.69) is 20.3 Å². The van der Waals surface area contributed by atoms with Crippen LogP contribution in [0.1, 0.15) is 15.9 Å². The van der Waals surface area contributed by atoms with Crippen LogP contribution in [-0.2, 0) is 0 Å². The third kappa shape index (κ3) is 3.10. The molecule has 0 bridgehead atoms. The van der Waals surface area contributed by atoms with Gasteiger partial charge in [-0.05, 0) is 46.9 Å².